The average molecular weight is 560 g/mol. The van der Waals surface area contributed by atoms with Gasteiger partial charge in [-0.15, -0.1) is 12.4 Å². The summed E-state index contributed by atoms with van der Waals surface area (Å²) in [5, 5.41) is 11.9. The van der Waals surface area contributed by atoms with Crippen molar-refractivity contribution in [2.45, 2.75) is 12.8 Å². The zero-order chi connectivity index (χ0) is 22.1. The van der Waals surface area contributed by atoms with E-state index in [1.165, 1.54) is 31.3 Å². The number of anilines is 3. The Hall–Kier alpha value is -1.88. The number of nitrogens with zero attached hydrogens (tertiary/aromatic N) is 6. The van der Waals surface area contributed by atoms with Gasteiger partial charge in [-0.05, 0) is 54.0 Å². The molecule has 5 rings (SSSR count). The maximum atomic E-state index is 14.4. The van der Waals surface area contributed by atoms with Gasteiger partial charge in [0.05, 0.1) is 21.8 Å². The van der Waals surface area contributed by atoms with Crippen molar-refractivity contribution in [2.24, 2.45) is 0 Å². The highest BCUT2D eigenvalue weighted by molar-refractivity contribution is 9.10. The molecule has 178 valence electrons. The van der Waals surface area contributed by atoms with Crippen molar-refractivity contribution in [1.82, 2.24) is 25.1 Å². The van der Waals surface area contributed by atoms with Crippen LogP contribution >= 0.6 is 39.9 Å². The molecular weight excluding hydrogens is 534 g/mol. The van der Waals surface area contributed by atoms with Crippen LogP contribution < -0.4 is 15.1 Å². The molecule has 2 aliphatic heterocycles. The van der Waals surface area contributed by atoms with Crippen molar-refractivity contribution < 1.29 is 4.39 Å². The number of nitrogens with one attached hydrogen (secondary N) is 2. The SMILES string of the molecule is Cl.Fc1cc(NCCN2CCCC2)c(Cl)c(N2CCN(c3ncnc4n[nH]c(Br)c34)CC2)c1. The van der Waals surface area contributed by atoms with Crippen molar-refractivity contribution in [3.63, 3.8) is 0 Å². The van der Waals surface area contributed by atoms with Gasteiger partial charge >= 0.3 is 0 Å². The summed E-state index contributed by atoms with van der Waals surface area (Å²) in [4.78, 5) is 15.4. The van der Waals surface area contributed by atoms with Crippen molar-refractivity contribution in [1.29, 1.82) is 0 Å². The van der Waals surface area contributed by atoms with Crippen molar-refractivity contribution in [3.05, 3.63) is 33.9 Å². The minimum atomic E-state index is -0.282. The Morgan fingerprint density at radius 2 is 1.79 bits per heavy atom. The molecule has 1 aromatic carbocycles. The number of aromatic nitrogens is 4. The molecule has 0 amide bonds. The van der Waals surface area contributed by atoms with Gasteiger partial charge in [-0.3, -0.25) is 5.10 Å². The summed E-state index contributed by atoms with van der Waals surface area (Å²) in [5.74, 6) is 0.556. The first-order chi connectivity index (χ1) is 15.6. The van der Waals surface area contributed by atoms with E-state index in [0.29, 0.717) is 29.4 Å². The molecule has 2 saturated heterocycles. The third-order valence-electron chi connectivity index (χ3n) is 6.17. The van der Waals surface area contributed by atoms with Gasteiger partial charge in [0.1, 0.15) is 22.6 Å². The molecule has 0 atom stereocenters. The minimum Gasteiger partial charge on any atom is -0.382 e. The van der Waals surface area contributed by atoms with Crippen molar-refractivity contribution in [2.75, 3.05) is 67.5 Å². The van der Waals surface area contributed by atoms with Crippen LogP contribution in [0.4, 0.5) is 21.6 Å². The summed E-state index contributed by atoms with van der Waals surface area (Å²) in [6, 6.07) is 3.01. The van der Waals surface area contributed by atoms with E-state index in [1.54, 1.807) is 0 Å². The number of likely N-dealkylation sites (tertiary alicyclic amines) is 1. The Balaban J connectivity index is 0.00000259. The number of piperazine rings is 1. The van der Waals surface area contributed by atoms with Crippen molar-refractivity contribution in [3.8, 4) is 0 Å². The van der Waals surface area contributed by atoms with E-state index in [2.05, 4.69) is 56.1 Å². The predicted molar refractivity (Wildman–Crippen MR) is 137 cm³/mol. The monoisotopic (exact) mass is 558 g/mol. The summed E-state index contributed by atoms with van der Waals surface area (Å²) >= 11 is 10.2. The van der Waals surface area contributed by atoms with Crippen LogP contribution in [0.25, 0.3) is 11.0 Å². The summed E-state index contributed by atoms with van der Waals surface area (Å²) < 4.78 is 15.2. The number of H-pyrrole nitrogens is 1. The molecule has 12 heteroatoms. The number of halogens is 4. The van der Waals surface area contributed by atoms with Crippen LogP contribution in [0.5, 0.6) is 0 Å². The quantitative estimate of drug-likeness (QED) is 0.469. The highest BCUT2D eigenvalue weighted by atomic mass is 79.9. The molecule has 2 aromatic heterocycles. The summed E-state index contributed by atoms with van der Waals surface area (Å²) in [5.41, 5.74) is 2.01. The normalized spacial score (nSPS) is 16.9. The molecule has 2 aliphatic rings. The second-order valence-electron chi connectivity index (χ2n) is 8.17. The zero-order valence-corrected chi connectivity index (χ0v) is 21.2. The van der Waals surface area contributed by atoms with E-state index in [9.17, 15) is 4.39 Å². The van der Waals surface area contributed by atoms with Gasteiger partial charge < -0.3 is 20.0 Å². The lowest BCUT2D eigenvalue weighted by molar-refractivity contribution is 0.352. The number of fused-ring (bicyclic) bond motifs is 1. The van der Waals surface area contributed by atoms with E-state index in [1.807, 2.05) is 0 Å². The van der Waals surface area contributed by atoms with E-state index in [0.717, 1.165) is 60.8 Å². The Bertz CT molecular complexity index is 1100. The van der Waals surface area contributed by atoms with Gasteiger partial charge in [0.25, 0.3) is 0 Å². The largest absolute Gasteiger partial charge is 0.382 e. The molecular formula is C21H26BrCl2FN8. The van der Waals surface area contributed by atoms with Crippen LogP contribution in [0.1, 0.15) is 12.8 Å². The van der Waals surface area contributed by atoms with Crippen LogP contribution in [0.3, 0.4) is 0 Å². The maximum Gasteiger partial charge on any atom is 0.187 e. The molecule has 33 heavy (non-hydrogen) atoms. The Morgan fingerprint density at radius 1 is 1.06 bits per heavy atom. The molecule has 0 spiro atoms. The molecule has 8 nitrogen and oxygen atoms in total. The van der Waals surface area contributed by atoms with Crippen LogP contribution in [0.15, 0.2) is 23.1 Å². The Kier molecular flexibility index (Phi) is 7.78. The molecule has 0 aliphatic carbocycles. The first kappa shape index (κ1) is 24.3. The first-order valence-electron chi connectivity index (χ1n) is 10.9. The number of hydrogen-bond donors (Lipinski definition) is 2. The average Bonchev–Trinajstić information content (AvgIpc) is 3.46. The third-order valence-corrected chi connectivity index (χ3v) is 7.14. The number of aromatic amines is 1. The highest BCUT2D eigenvalue weighted by Crippen LogP contribution is 2.36. The molecule has 0 unspecified atom stereocenters. The third kappa shape index (κ3) is 5.13. The summed E-state index contributed by atoms with van der Waals surface area (Å²) in [6.07, 6.45) is 4.05. The fourth-order valence-corrected chi connectivity index (χ4v) is 5.23. The van der Waals surface area contributed by atoms with E-state index >= 15 is 0 Å². The second-order valence-corrected chi connectivity index (χ2v) is 9.34. The molecule has 0 radical (unpaired) electrons. The van der Waals surface area contributed by atoms with E-state index in [4.69, 9.17) is 11.6 Å². The maximum absolute atomic E-state index is 14.4. The fourth-order valence-electron chi connectivity index (χ4n) is 4.49. The van der Waals surface area contributed by atoms with Gasteiger partial charge in [-0.1, -0.05) is 11.6 Å². The van der Waals surface area contributed by atoms with Crippen LogP contribution in [0, 0.1) is 5.82 Å². The lowest BCUT2D eigenvalue weighted by atomic mass is 10.2. The van der Waals surface area contributed by atoms with Crippen LogP contribution in [0.2, 0.25) is 5.02 Å². The zero-order valence-electron chi connectivity index (χ0n) is 18.0. The van der Waals surface area contributed by atoms with Gasteiger partial charge in [0.2, 0.25) is 0 Å². The lowest BCUT2D eigenvalue weighted by Gasteiger charge is -2.37. The standard InChI is InChI=1S/C21H25BrClFN8.ClH/c22-19-17-20(29-28-19)26-13-27-21(17)32-9-7-31(8-10-32)16-12-14(24)11-15(18(16)23)25-3-6-30-4-1-2-5-30;/h11-13,25H,1-10H2,(H,26,27,28,29);1H. The topological polar surface area (TPSA) is 76.2 Å². The first-order valence-corrected chi connectivity index (χ1v) is 12.1. The molecule has 3 aromatic rings. The minimum absolute atomic E-state index is 0. The predicted octanol–water partition coefficient (Wildman–Crippen LogP) is 4.16. The molecule has 2 N–H and O–H groups in total. The molecule has 4 heterocycles. The summed E-state index contributed by atoms with van der Waals surface area (Å²) in [7, 11) is 0. The van der Waals surface area contributed by atoms with Crippen LogP contribution in [-0.4, -0.2) is 77.4 Å². The van der Waals surface area contributed by atoms with Crippen LogP contribution in [-0.2, 0) is 0 Å². The van der Waals surface area contributed by atoms with Gasteiger partial charge in [-0.25, -0.2) is 14.4 Å². The molecule has 0 bridgehead atoms. The fraction of sp³-hybridized carbons (Fsp3) is 0.476. The Morgan fingerprint density at radius 3 is 2.55 bits per heavy atom. The second kappa shape index (κ2) is 10.6. The van der Waals surface area contributed by atoms with E-state index < -0.39 is 0 Å². The smallest absolute Gasteiger partial charge is 0.187 e. The number of benzene rings is 1. The Labute approximate surface area is 211 Å². The van der Waals surface area contributed by atoms with Crippen molar-refractivity contribution >= 4 is 68.2 Å². The number of hydrogen-bond acceptors (Lipinski definition) is 7. The summed E-state index contributed by atoms with van der Waals surface area (Å²) in [6.45, 7) is 6.85. The van der Waals surface area contributed by atoms with E-state index in [-0.39, 0.29) is 18.2 Å². The molecule has 2 fully saturated rings. The van der Waals surface area contributed by atoms with Gasteiger partial charge in [-0.2, -0.15) is 5.10 Å². The molecule has 0 saturated carbocycles. The highest BCUT2D eigenvalue weighted by Gasteiger charge is 2.24. The lowest BCUT2D eigenvalue weighted by Crippen LogP contribution is -2.47. The van der Waals surface area contributed by atoms with Gasteiger partial charge in [0, 0.05) is 39.3 Å². The number of rotatable bonds is 6. The van der Waals surface area contributed by atoms with Gasteiger partial charge in [0.15, 0.2) is 5.65 Å².